The number of benzene rings is 3. The number of rotatable bonds is 7. The van der Waals surface area contributed by atoms with Crippen LogP contribution < -0.4 is 9.47 Å². The Kier molecular flexibility index (Phi) is 6.93. The third-order valence-electron chi connectivity index (χ3n) is 4.55. The van der Waals surface area contributed by atoms with Gasteiger partial charge in [-0.25, -0.2) is 9.79 Å². The molecule has 3 aromatic carbocycles. The van der Waals surface area contributed by atoms with E-state index in [1.807, 2.05) is 67.6 Å². The number of esters is 1. The largest absolute Gasteiger partial charge is 0.490 e. The summed E-state index contributed by atoms with van der Waals surface area (Å²) in [5.41, 5.74) is 2.62. The van der Waals surface area contributed by atoms with Crippen LogP contribution in [0.1, 0.15) is 23.6 Å². The molecule has 5 nitrogen and oxygen atoms in total. The molecule has 7 heteroatoms. The van der Waals surface area contributed by atoms with E-state index in [-0.39, 0.29) is 11.6 Å². The first-order valence-corrected chi connectivity index (χ1v) is 11.1. The summed E-state index contributed by atoms with van der Waals surface area (Å²) in [6.07, 6.45) is 1.66. The number of hydrogen-bond acceptors (Lipinski definition) is 5. The molecule has 0 spiro atoms. The molecule has 162 valence electrons. The molecular weight excluding hydrogens is 494 g/mol. The molecule has 0 radical (unpaired) electrons. The highest BCUT2D eigenvalue weighted by atomic mass is 79.9. The molecule has 1 aliphatic rings. The number of hydrogen-bond donors (Lipinski definition) is 0. The van der Waals surface area contributed by atoms with E-state index in [2.05, 4.69) is 20.9 Å². The van der Waals surface area contributed by atoms with Crippen LogP contribution in [-0.2, 0) is 16.1 Å². The number of carbonyl (C=O) groups is 1. The molecule has 0 aliphatic carbocycles. The molecule has 4 rings (SSSR count). The Hall–Kier alpha value is -3.09. The maximum Gasteiger partial charge on any atom is 0.363 e. The lowest BCUT2D eigenvalue weighted by molar-refractivity contribution is -0.129. The van der Waals surface area contributed by atoms with Crippen molar-refractivity contribution in [3.8, 4) is 11.5 Å². The quantitative estimate of drug-likeness (QED) is 0.271. The van der Waals surface area contributed by atoms with Gasteiger partial charge in [0.2, 0.25) is 5.90 Å². The van der Waals surface area contributed by atoms with Crippen LogP contribution in [0.5, 0.6) is 11.5 Å². The van der Waals surface area contributed by atoms with Crippen LogP contribution in [0.2, 0.25) is 5.02 Å². The molecule has 0 saturated carbocycles. The molecule has 3 aromatic rings. The highest BCUT2D eigenvalue weighted by Crippen LogP contribution is 2.38. The summed E-state index contributed by atoms with van der Waals surface area (Å²) in [5.74, 6) is 0.900. The summed E-state index contributed by atoms with van der Waals surface area (Å²) in [6.45, 7) is 2.68. The molecule has 0 amide bonds. The highest BCUT2D eigenvalue weighted by Gasteiger charge is 2.24. The molecule has 1 heterocycles. The number of cyclic esters (lactones) is 1. The summed E-state index contributed by atoms with van der Waals surface area (Å²) in [5, 5.41) is 0.649. The van der Waals surface area contributed by atoms with Gasteiger partial charge in [0.15, 0.2) is 17.2 Å². The van der Waals surface area contributed by atoms with Gasteiger partial charge >= 0.3 is 5.97 Å². The average molecular weight is 513 g/mol. The van der Waals surface area contributed by atoms with E-state index in [0.717, 1.165) is 16.7 Å². The Bertz CT molecular complexity index is 1210. The van der Waals surface area contributed by atoms with Crippen molar-refractivity contribution in [3.63, 3.8) is 0 Å². The predicted molar refractivity (Wildman–Crippen MR) is 128 cm³/mol. The van der Waals surface area contributed by atoms with Crippen molar-refractivity contribution in [2.75, 3.05) is 6.61 Å². The number of aliphatic imine (C=N–C) groups is 1. The van der Waals surface area contributed by atoms with Crippen LogP contribution in [0.3, 0.4) is 0 Å². The van der Waals surface area contributed by atoms with Gasteiger partial charge in [-0.05, 0) is 76.5 Å². The lowest BCUT2D eigenvalue weighted by Crippen LogP contribution is -2.05. The van der Waals surface area contributed by atoms with Crippen LogP contribution in [0.15, 0.2) is 81.9 Å². The highest BCUT2D eigenvalue weighted by molar-refractivity contribution is 9.10. The SMILES string of the molecule is CCOc1cc(/C=C2\N=C(c3ccccc3)OC2=O)cc(Br)c1OCc1cccc(Cl)c1. The zero-order chi connectivity index (χ0) is 22.5. The van der Waals surface area contributed by atoms with Crippen LogP contribution >= 0.6 is 27.5 Å². The first-order chi connectivity index (χ1) is 15.5. The average Bonchev–Trinajstić information content (AvgIpc) is 3.14. The Labute approximate surface area is 199 Å². The fraction of sp³-hybridized carbons (Fsp3) is 0.120. The summed E-state index contributed by atoms with van der Waals surface area (Å²) in [7, 11) is 0. The van der Waals surface area contributed by atoms with Crippen molar-refractivity contribution in [2.24, 2.45) is 4.99 Å². The van der Waals surface area contributed by atoms with Gasteiger partial charge in [-0.1, -0.05) is 41.9 Å². The second kappa shape index (κ2) is 10.0. The van der Waals surface area contributed by atoms with Gasteiger partial charge in [-0.2, -0.15) is 0 Å². The van der Waals surface area contributed by atoms with Crippen LogP contribution in [-0.4, -0.2) is 18.5 Å². The maximum absolute atomic E-state index is 12.3. The third kappa shape index (κ3) is 5.21. The third-order valence-corrected chi connectivity index (χ3v) is 5.37. The van der Waals surface area contributed by atoms with Gasteiger partial charge in [-0.3, -0.25) is 0 Å². The van der Waals surface area contributed by atoms with E-state index in [4.69, 9.17) is 25.8 Å². The van der Waals surface area contributed by atoms with Crippen LogP contribution in [0.4, 0.5) is 0 Å². The van der Waals surface area contributed by atoms with Gasteiger partial charge < -0.3 is 14.2 Å². The summed E-state index contributed by atoms with van der Waals surface area (Å²) < 4.78 is 17.8. The van der Waals surface area contributed by atoms with Crippen LogP contribution in [0, 0.1) is 0 Å². The van der Waals surface area contributed by atoms with E-state index in [1.165, 1.54) is 0 Å². The molecule has 0 atom stereocenters. The van der Waals surface area contributed by atoms with Crippen molar-refractivity contribution < 1.29 is 19.0 Å². The maximum atomic E-state index is 12.3. The molecule has 0 bridgehead atoms. The lowest BCUT2D eigenvalue weighted by atomic mass is 10.1. The number of nitrogens with zero attached hydrogens (tertiary/aromatic N) is 1. The topological polar surface area (TPSA) is 57.1 Å². The second-order valence-electron chi connectivity index (χ2n) is 6.88. The Morgan fingerprint density at radius 3 is 2.62 bits per heavy atom. The van der Waals surface area contributed by atoms with Gasteiger partial charge in [0, 0.05) is 10.6 Å². The van der Waals surface area contributed by atoms with Gasteiger partial charge in [0.1, 0.15) is 6.61 Å². The van der Waals surface area contributed by atoms with Crippen molar-refractivity contribution in [2.45, 2.75) is 13.5 Å². The van der Waals surface area contributed by atoms with Gasteiger partial charge in [0.25, 0.3) is 0 Å². The lowest BCUT2D eigenvalue weighted by Gasteiger charge is -2.15. The molecule has 0 saturated heterocycles. The van der Waals surface area contributed by atoms with Crippen molar-refractivity contribution in [3.05, 3.63) is 98.6 Å². The number of carbonyl (C=O) groups excluding carboxylic acids is 1. The molecule has 32 heavy (non-hydrogen) atoms. The zero-order valence-corrected chi connectivity index (χ0v) is 19.5. The summed E-state index contributed by atoms with van der Waals surface area (Å²) in [4.78, 5) is 16.7. The first kappa shape index (κ1) is 22.1. The van der Waals surface area contributed by atoms with Crippen molar-refractivity contribution in [1.82, 2.24) is 0 Å². The van der Waals surface area contributed by atoms with Gasteiger partial charge in [-0.15, -0.1) is 0 Å². The normalized spacial score (nSPS) is 14.3. The second-order valence-corrected chi connectivity index (χ2v) is 8.17. The molecule has 0 N–H and O–H groups in total. The fourth-order valence-corrected chi connectivity index (χ4v) is 3.91. The Morgan fingerprint density at radius 2 is 1.88 bits per heavy atom. The van der Waals surface area contributed by atoms with E-state index >= 15 is 0 Å². The Morgan fingerprint density at radius 1 is 1.06 bits per heavy atom. The van der Waals surface area contributed by atoms with E-state index in [1.54, 1.807) is 12.1 Å². The molecule has 0 unspecified atom stereocenters. The summed E-state index contributed by atoms with van der Waals surface area (Å²) in [6, 6.07) is 20.4. The van der Waals surface area contributed by atoms with Gasteiger partial charge in [0.05, 0.1) is 11.1 Å². The van der Waals surface area contributed by atoms with Crippen LogP contribution in [0.25, 0.3) is 6.08 Å². The molecule has 1 aliphatic heterocycles. The van der Waals surface area contributed by atoms with E-state index in [9.17, 15) is 4.79 Å². The van der Waals surface area contributed by atoms with E-state index < -0.39 is 5.97 Å². The minimum atomic E-state index is -0.501. The minimum Gasteiger partial charge on any atom is -0.490 e. The summed E-state index contributed by atoms with van der Waals surface area (Å²) >= 11 is 9.61. The van der Waals surface area contributed by atoms with E-state index in [0.29, 0.717) is 34.2 Å². The smallest absolute Gasteiger partial charge is 0.363 e. The van der Waals surface area contributed by atoms with Crippen molar-refractivity contribution in [1.29, 1.82) is 0 Å². The first-order valence-electron chi connectivity index (χ1n) is 9.95. The standard InChI is InChI=1S/C25H19BrClNO4/c1-2-30-22-14-17(12-20(26)23(22)31-15-16-7-6-10-19(27)11-16)13-21-25(29)32-24(28-21)18-8-4-3-5-9-18/h3-14H,2,15H2,1H3/b21-13-. The molecule has 0 fully saturated rings. The number of ether oxygens (including phenoxy) is 3. The number of halogens is 2. The Balaban J connectivity index is 1.61. The van der Waals surface area contributed by atoms with Crippen molar-refractivity contribution >= 4 is 45.5 Å². The molecule has 0 aromatic heterocycles. The molecular formula is C25H19BrClNO4. The predicted octanol–water partition coefficient (Wildman–Crippen LogP) is 6.42. The monoisotopic (exact) mass is 511 g/mol. The minimum absolute atomic E-state index is 0.214. The zero-order valence-electron chi connectivity index (χ0n) is 17.2. The fourth-order valence-electron chi connectivity index (χ4n) is 3.13.